The van der Waals surface area contributed by atoms with Crippen molar-refractivity contribution in [3.05, 3.63) is 63.2 Å². The van der Waals surface area contributed by atoms with Crippen LogP contribution in [0.2, 0.25) is 0 Å². The Morgan fingerprint density at radius 1 is 1.18 bits per heavy atom. The number of anilines is 1. The highest BCUT2D eigenvalue weighted by molar-refractivity contribution is 14.1. The Balaban J connectivity index is 1.89. The summed E-state index contributed by atoms with van der Waals surface area (Å²) in [4.78, 5) is 13.7. The maximum atomic E-state index is 13.1. The summed E-state index contributed by atoms with van der Waals surface area (Å²) in [5.41, 5.74) is 1.35. The second-order valence-electron chi connectivity index (χ2n) is 4.98. The molecule has 0 aliphatic rings. The van der Waals surface area contributed by atoms with Gasteiger partial charge in [-0.25, -0.2) is 8.78 Å². The third-order valence-corrected chi connectivity index (χ3v) is 3.63. The number of halogens is 3. The first kappa shape index (κ1) is 16.8. The highest BCUT2D eigenvalue weighted by atomic mass is 127. The number of amides is 1. The van der Waals surface area contributed by atoms with Crippen LogP contribution in [0.5, 0.6) is 0 Å². The summed E-state index contributed by atoms with van der Waals surface area (Å²) in [7, 11) is 1.75. The van der Waals surface area contributed by atoms with Crippen LogP contribution in [0.15, 0.2) is 42.5 Å². The van der Waals surface area contributed by atoms with Crippen LogP contribution in [0, 0.1) is 15.2 Å². The fourth-order valence-corrected chi connectivity index (χ4v) is 2.56. The van der Waals surface area contributed by atoms with Gasteiger partial charge in [0.25, 0.3) is 0 Å². The predicted octanol–water partition coefficient (Wildman–Crippen LogP) is 3.64. The number of hydrogen-bond acceptors (Lipinski definition) is 2. The van der Waals surface area contributed by atoms with E-state index in [9.17, 15) is 13.6 Å². The SMILES string of the molecule is CN(CC(=O)Nc1cccc(I)c1)Cc1ccc(F)c(F)c1. The molecule has 0 aliphatic carbocycles. The molecule has 0 heterocycles. The minimum atomic E-state index is -0.880. The highest BCUT2D eigenvalue weighted by Gasteiger charge is 2.09. The number of rotatable bonds is 5. The Morgan fingerprint density at radius 2 is 1.95 bits per heavy atom. The summed E-state index contributed by atoms with van der Waals surface area (Å²) in [5, 5.41) is 2.80. The first-order valence-electron chi connectivity index (χ1n) is 6.62. The molecule has 0 spiro atoms. The Morgan fingerprint density at radius 3 is 2.64 bits per heavy atom. The average Bonchev–Trinajstić information content (AvgIpc) is 2.42. The summed E-state index contributed by atoms with van der Waals surface area (Å²) < 4.78 is 27.0. The van der Waals surface area contributed by atoms with E-state index in [4.69, 9.17) is 0 Å². The van der Waals surface area contributed by atoms with Crippen LogP contribution >= 0.6 is 22.6 Å². The molecule has 6 heteroatoms. The molecular weight excluding hydrogens is 401 g/mol. The summed E-state index contributed by atoms with van der Waals surface area (Å²) in [6, 6.07) is 11.2. The van der Waals surface area contributed by atoms with E-state index in [2.05, 4.69) is 27.9 Å². The van der Waals surface area contributed by atoms with Crippen LogP contribution in [0.3, 0.4) is 0 Å². The molecule has 3 nitrogen and oxygen atoms in total. The molecule has 0 fully saturated rings. The molecule has 0 bridgehead atoms. The molecule has 0 saturated carbocycles. The Hall–Kier alpha value is -1.54. The van der Waals surface area contributed by atoms with Gasteiger partial charge in [-0.2, -0.15) is 0 Å². The van der Waals surface area contributed by atoms with Gasteiger partial charge in [0.1, 0.15) is 0 Å². The van der Waals surface area contributed by atoms with Crippen molar-refractivity contribution in [3.63, 3.8) is 0 Å². The van der Waals surface area contributed by atoms with Crippen molar-refractivity contribution in [2.24, 2.45) is 0 Å². The van der Waals surface area contributed by atoms with Gasteiger partial charge in [-0.3, -0.25) is 9.69 Å². The van der Waals surface area contributed by atoms with Crippen LogP contribution in [0.1, 0.15) is 5.56 Å². The normalized spacial score (nSPS) is 10.8. The molecular formula is C16H15F2IN2O. The van der Waals surface area contributed by atoms with Gasteiger partial charge in [0.2, 0.25) is 5.91 Å². The largest absolute Gasteiger partial charge is 0.325 e. The zero-order valence-corrected chi connectivity index (χ0v) is 14.1. The van der Waals surface area contributed by atoms with Gasteiger partial charge < -0.3 is 5.32 Å². The van der Waals surface area contributed by atoms with E-state index in [-0.39, 0.29) is 12.5 Å². The molecule has 2 aromatic carbocycles. The molecule has 0 atom stereocenters. The van der Waals surface area contributed by atoms with Gasteiger partial charge in [-0.05, 0) is 65.5 Å². The molecule has 116 valence electrons. The lowest BCUT2D eigenvalue weighted by Crippen LogP contribution is -2.29. The van der Waals surface area contributed by atoms with Crippen LogP contribution in [0.25, 0.3) is 0 Å². The first-order valence-corrected chi connectivity index (χ1v) is 7.70. The van der Waals surface area contributed by atoms with E-state index in [1.807, 2.05) is 24.3 Å². The van der Waals surface area contributed by atoms with E-state index >= 15 is 0 Å². The van der Waals surface area contributed by atoms with Crippen molar-refractivity contribution >= 4 is 34.2 Å². The van der Waals surface area contributed by atoms with Gasteiger partial charge in [0, 0.05) is 15.8 Å². The Bertz CT molecular complexity index is 679. The third-order valence-electron chi connectivity index (χ3n) is 2.96. The summed E-state index contributed by atoms with van der Waals surface area (Å²) in [6.07, 6.45) is 0. The molecule has 2 aromatic rings. The monoisotopic (exact) mass is 416 g/mol. The quantitative estimate of drug-likeness (QED) is 0.756. The summed E-state index contributed by atoms with van der Waals surface area (Å²) >= 11 is 2.17. The lowest BCUT2D eigenvalue weighted by molar-refractivity contribution is -0.117. The molecule has 0 aromatic heterocycles. The maximum absolute atomic E-state index is 13.1. The summed E-state index contributed by atoms with van der Waals surface area (Å²) in [6.45, 7) is 0.515. The van der Waals surface area contributed by atoms with Gasteiger partial charge >= 0.3 is 0 Å². The van der Waals surface area contributed by atoms with Crippen LogP contribution in [-0.2, 0) is 11.3 Å². The Kier molecular flexibility index (Phi) is 5.84. The van der Waals surface area contributed by atoms with Crippen molar-refractivity contribution in [1.82, 2.24) is 4.90 Å². The molecule has 22 heavy (non-hydrogen) atoms. The minimum Gasteiger partial charge on any atom is -0.325 e. The fraction of sp³-hybridized carbons (Fsp3) is 0.188. The van der Waals surface area contributed by atoms with Crippen molar-refractivity contribution in [2.45, 2.75) is 6.54 Å². The van der Waals surface area contributed by atoms with Crippen molar-refractivity contribution < 1.29 is 13.6 Å². The van der Waals surface area contributed by atoms with Gasteiger partial charge in [-0.15, -0.1) is 0 Å². The van der Waals surface area contributed by atoms with Crippen LogP contribution in [-0.4, -0.2) is 24.4 Å². The molecule has 0 radical (unpaired) electrons. The van der Waals surface area contributed by atoms with Gasteiger partial charge in [0.05, 0.1) is 6.54 Å². The zero-order chi connectivity index (χ0) is 16.1. The maximum Gasteiger partial charge on any atom is 0.238 e. The minimum absolute atomic E-state index is 0.157. The lowest BCUT2D eigenvalue weighted by atomic mass is 10.2. The number of carbonyl (C=O) groups excluding carboxylic acids is 1. The topological polar surface area (TPSA) is 32.3 Å². The smallest absolute Gasteiger partial charge is 0.238 e. The molecule has 1 N–H and O–H groups in total. The lowest BCUT2D eigenvalue weighted by Gasteiger charge is -2.16. The number of benzene rings is 2. The van der Waals surface area contributed by atoms with Gasteiger partial charge in [0.15, 0.2) is 11.6 Å². The zero-order valence-electron chi connectivity index (χ0n) is 11.9. The van der Waals surface area contributed by atoms with E-state index in [0.29, 0.717) is 12.1 Å². The number of hydrogen-bond donors (Lipinski definition) is 1. The summed E-state index contributed by atoms with van der Waals surface area (Å²) in [5.74, 6) is -1.91. The first-order chi connectivity index (χ1) is 10.4. The van der Waals surface area contributed by atoms with Crippen LogP contribution < -0.4 is 5.32 Å². The molecule has 0 unspecified atom stereocenters. The second kappa shape index (κ2) is 7.64. The van der Waals surface area contributed by atoms with E-state index in [1.165, 1.54) is 6.07 Å². The van der Waals surface area contributed by atoms with Gasteiger partial charge in [-0.1, -0.05) is 12.1 Å². The number of carbonyl (C=O) groups is 1. The standard InChI is InChI=1S/C16H15F2IN2O/c1-21(9-11-5-6-14(17)15(18)7-11)10-16(22)20-13-4-2-3-12(19)8-13/h2-8H,9-10H2,1H3,(H,20,22). The predicted molar refractivity (Wildman–Crippen MR) is 90.5 cm³/mol. The second-order valence-corrected chi connectivity index (χ2v) is 6.22. The number of nitrogens with zero attached hydrogens (tertiary/aromatic N) is 1. The number of nitrogens with one attached hydrogen (secondary N) is 1. The van der Waals surface area contributed by atoms with E-state index < -0.39 is 11.6 Å². The molecule has 0 saturated heterocycles. The number of likely N-dealkylation sites (N-methyl/N-ethyl adjacent to an activating group) is 1. The molecule has 1 amide bonds. The fourth-order valence-electron chi connectivity index (χ4n) is 2.02. The average molecular weight is 416 g/mol. The molecule has 2 rings (SSSR count). The van der Waals surface area contributed by atoms with E-state index in [1.54, 1.807) is 11.9 Å². The highest BCUT2D eigenvalue weighted by Crippen LogP contribution is 2.13. The molecule has 0 aliphatic heterocycles. The third kappa shape index (κ3) is 5.03. The van der Waals surface area contributed by atoms with Crippen molar-refractivity contribution in [2.75, 3.05) is 18.9 Å². The Labute approximate surface area is 141 Å². The van der Waals surface area contributed by atoms with Crippen molar-refractivity contribution in [1.29, 1.82) is 0 Å². The van der Waals surface area contributed by atoms with Crippen LogP contribution in [0.4, 0.5) is 14.5 Å². The van der Waals surface area contributed by atoms with E-state index in [0.717, 1.165) is 21.4 Å². The van der Waals surface area contributed by atoms with Crippen molar-refractivity contribution in [3.8, 4) is 0 Å².